The third-order valence-electron chi connectivity index (χ3n) is 3.99. The summed E-state index contributed by atoms with van der Waals surface area (Å²) < 4.78 is 0. The smallest absolute Gasteiger partial charge is 0.123 e. The number of hydrogen-bond acceptors (Lipinski definition) is 4. The minimum Gasteiger partial charge on any atom is -0.396 e. The third kappa shape index (κ3) is 3.83. The summed E-state index contributed by atoms with van der Waals surface area (Å²) in [6, 6.07) is 7.82. The van der Waals surface area contributed by atoms with Gasteiger partial charge in [0.25, 0.3) is 0 Å². The van der Waals surface area contributed by atoms with Gasteiger partial charge in [-0.1, -0.05) is 23.7 Å². The monoisotopic (exact) mass is 322 g/mol. The quantitative estimate of drug-likeness (QED) is 0.933. The number of halogens is 1. The minimum absolute atomic E-state index is 0.325. The van der Waals surface area contributed by atoms with E-state index in [9.17, 15) is 5.11 Å². The number of aliphatic hydroxyl groups is 1. The number of aliphatic hydroxyl groups excluding tert-OH is 1. The van der Waals surface area contributed by atoms with Crippen molar-refractivity contribution in [3.8, 4) is 10.6 Å². The van der Waals surface area contributed by atoms with Crippen LogP contribution in [0.5, 0.6) is 0 Å². The predicted octanol–water partition coefficient (Wildman–Crippen LogP) is 3.67. The molecule has 1 fully saturated rings. The Hall–Kier alpha value is -0.940. The Balaban J connectivity index is 1.62. The second-order valence-electron chi connectivity index (χ2n) is 5.55. The van der Waals surface area contributed by atoms with Gasteiger partial charge in [0, 0.05) is 29.1 Å². The molecule has 5 heteroatoms. The van der Waals surface area contributed by atoms with Gasteiger partial charge in [-0.3, -0.25) is 4.90 Å². The van der Waals surface area contributed by atoms with Crippen molar-refractivity contribution in [2.24, 2.45) is 5.92 Å². The summed E-state index contributed by atoms with van der Waals surface area (Å²) in [7, 11) is 0. The lowest BCUT2D eigenvalue weighted by molar-refractivity contribution is 0.126. The van der Waals surface area contributed by atoms with Gasteiger partial charge in [-0.05, 0) is 44.0 Å². The molecule has 2 aromatic rings. The van der Waals surface area contributed by atoms with Crippen LogP contribution in [0, 0.1) is 5.92 Å². The Labute approximate surface area is 134 Å². The standard InChI is InChI=1S/C16H19ClN2OS/c17-14-3-1-13(2-4-14)16-18-15(11-21-16)9-19-7-5-12(10-20)6-8-19/h1-4,11-12,20H,5-10H2. The zero-order chi connectivity index (χ0) is 14.7. The minimum atomic E-state index is 0.325. The summed E-state index contributed by atoms with van der Waals surface area (Å²) in [5.41, 5.74) is 2.25. The maximum atomic E-state index is 9.18. The maximum absolute atomic E-state index is 9.18. The molecular weight excluding hydrogens is 304 g/mol. The van der Waals surface area contributed by atoms with Gasteiger partial charge in [0.05, 0.1) is 5.69 Å². The fraction of sp³-hybridized carbons (Fsp3) is 0.438. The summed E-state index contributed by atoms with van der Waals surface area (Å²) >= 11 is 7.60. The highest BCUT2D eigenvalue weighted by atomic mass is 35.5. The second-order valence-corrected chi connectivity index (χ2v) is 6.85. The maximum Gasteiger partial charge on any atom is 0.123 e. The second kappa shape index (κ2) is 6.88. The molecule has 1 N–H and O–H groups in total. The molecule has 1 saturated heterocycles. The molecule has 0 aliphatic carbocycles. The van der Waals surface area contributed by atoms with Crippen molar-refractivity contribution in [1.29, 1.82) is 0 Å². The highest BCUT2D eigenvalue weighted by Gasteiger charge is 2.19. The first-order chi connectivity index (χ1) is 10.2. The van der Waals surface area contributed by atoms with Gasteiger partial charge in [-0.2, -0.15) is 0 Å². The summed E-state index contributed by atoms with van der Waals surface area (Å²) in [6.07, 6.45) is 2.18. The zero-order valence-electron chi connectivity index (χ0n) is 11.8. The number of hydrogen-bond donors (Lipinski definition) is 1. The van der Waals surface area contributed by atoms with Crippen LogP contribution in [0.4, 0.5) is 0 Å². The highest BCUT2D eigenvalue weighted by Crippen LogP contribution is 2.26. The molecule has 1 aliphatic rings. The molecule has 3 rings (SSSR count). The van der Waals surface area contributed by atoms with Crippen molar-refractivity contribution in [2.45, 2.75) is 19.4 Å². The van der Waals surface area contributed by atoms with Gasteiger partial charge in [0.2, 0.25) is 0 Å². The Kier molecular flexibility index (Phi) is 4.91. The van der Waals surface area contributed by atoms with Crippen LogP contribution >= 0.6 is 22.9 Å². The fourth-order valence-electron chi connectivity index (χ4n) is 2.66. The topological polar surface area (TPSA) is 36.4 Å². The average Bonchev–Trinajstić information content (AvgIpc) is 2.97. The van der Waals surface area contributed by atoms with Crippen LogP contribution < -0.4 is 0 Å². The van der Waals surface area contributed by atoms with Crippen molar-refractivity contribution in [3.63, 3.8) is 0 Å². The van der Waals surface area contributed by atoms with E-state index in [4.69, 9.17) is 16.6 Å². The molecule has 1 aromatic carbocycles. The van der Waals surface area contributed by atoms with E-state index in [-0.39, 0.29) is 0 Å². The lowest BCUT2D eigenvalue weighted by Gasteiger charge is -2.30. The number of benzene rings is 1. The lowest BCUT2D eigenvalue weighted by atomic mass is 9.98. The molecule has 0 radical (unpaired) electrons. The first-order valence-corrected chi connectivity index (χ1v) is 8.54. The Morgan fingerprint density at radius 1 is 1.24 bits per heavy atom. The first-order valence-electron chi connectivity index (χ1n) is 7.28. The Morgan fingerprint density at radius 3 is 2.62 bits per heavy atom. The molecule has 0 atom stereocenters. The zero-order valence-corrected chi connectivity index (χ0v) is 13.4. The van der Waals surface area contributed by atoms with Gasteiger partial charge in [0.15, 0.2) is 0 Å². The molecule has 112 valence electrons. The van der Waals surface area contributed by atoms with E-state index in [1.54, 1.807) is 11.3 Å². The molecular formula is C16H19ClN2OS. The fourth-order valence-corrected chi connectivity index (χ4v) is 3.60. The van der Waals surface area contributed by atoms with Crippen LogP contribution in [-0.4, -0.2) is 34.7 Å². The van der Waals surface area contributed by atoms with E-state index in [2.05, 4.69) is 10.3 Å². The van der Waals surface area contributed by atoms with Gasteiger partial charge in [-0.25, -0.2) is 4.98 Å². The lowest BCUT2D eigenvalue weighted by Crippen LogP contribution is -2.34. The molecule has 21 heavy (non-hydrogen) atoms. The molecule has 0 amide bonds. The van der Waals surface area contributed by atoms with Gasteiger partial charge < -0.3 is 5.11 Å². The van der Waals surface area contributed by atoms with E-state index < -0.39 is 0 Å². The number of thiazole rings is 1. The summed E-state index contributed by atoms with van der Waals surface area (Å²) in [5, 5.41) is 13.1. The van der Waals surface area contributed by atoms with E-state index >= 15 is 0 Å². The number of rotatable bonds is 4. The van der Waals surface area contributed by atoms with Crippen LogP contribution in [0.25, 0.3) is 10.6 Å². The Bertz CT molecular complexity index is 576. The molecule has 1 aromatic heterocycles. The molecule has 0 unspecified atom stereocenters. The number of aromatic nitrogens is 1. The Morgan fingerprint density at radius 2 is 1.95 bits per heavy atom. The number of nitrogens with zero attached hydrogens (tertiary/aromatic N) is 2. The van der Waals surface area contributed by atoms with E-state index in [0.29, 0.717) is 12.5 Å². The van der Waals surface area contributed by atoms with Crippen molar-refractivity contribution < 1.29 is 5.11 Å². The van der Waals surface area contributed by atoms with Crippen LogP contribution in [-0.2, 0) is 6.54 Å². The number of piperidine rings is 1. The van der Waals surface area contributed by atoms with Crippen LogP contribution in [0.3, 0.4) is 0 Å². The van der Waals surface area contributed by atoms with Crippen molar-refractivity contribution in [1.82, 2.24) is 9.88 Å². The molecule has 2 heterocycles. The highest BCUT2D eigenvalue weighted by molar-refractivity contribution is 7.13. The van der Waals surface area contributed by atoms with E-state index in [1.165, 1.54) is 0 Å². The SMILES string of the molecule is OCC1CCN(Cc2csc(-c3ccc(Cl)cc3)n2)CC1. The van der Waals surface area contributed by atoms with E-state index in [0.717, 1.165) is 53.8 Å². The van der Waals surface area contributed by atoms with Crippen LogP contribution in [0.2, 0.25) is 5.02 Å². The normalized spacial score (nSPS) is 17.2. The molecule has 1 aliphatic heterocycles. The summed E-state index contributed by atoms with van der Waals surface area (Å²) in [5.74, 6) is 0.487. The van der Waals surface area contributed by atoms with Crippen molar-refractivity contribution in [2.75, 3.05) is 19.7 Å². The molecule has 0 bridgehead atoms. The van der Waals surface area contributed by atoms with Crippen molar-refractivity contribution in [3.05, 3.63) is 40.4 Å². The molecule has 3 nitrogen and oxygen atoms in total. The van der Waals surface area contributed by atoms with Gasteiger partial charge in [0.1, 0.15) is 5.01 Å². The van der Waals surface area contributed by atoms with Crippen LogP contribution in [0.15, 0.2) is 29.6 Å². The summed E-state index contributed by atoms with van der Waals surface area (Å²) in [4.78, 5) is 7.15. The van der Waals surface area contributed by atoms with Crippen LogP contribution in [0.1, 0.15) is 18.5 Å². The van der Waals surface area contributed by atoms with Gasteiger partial charge >= 0.3 is 0 Å². The molecule has 0 saturated carbocycles. The third-order valence-corrected chi connectivity index (χ3v) is 5.19. The number of likely N-dealkylation sites (tertiary alicyclic amines) is 1. The summed E-state index contributed by atoms with van der Waals surface area (Å²) in [6.45, 7) is 3.34. The predicted molar refractivity (Wildman–Crippen MR) is 87.6 cm³/mol. The van der Waals surface area contributed by atoms with Gasteiger partial charge in [-0.15, -0.1) is 11.3 Å². The largest absolute Gasteiger partial charge is 0.396 e. The first kappa shape index (κ1) is 15.0. The average molecular weight is 323 g/mol. The molecule has 0 spiro atoms. The van der Waals surface area contributed by atoms with Crippen molar-refractivity contribution >= 4 is 22.9 Å². The van der Waals surface area contributed by atoms with E-state index in [1.807, 2.05) is 24.3 Å².